The summed E-state index contributed by atoms with van der Waals surface area (Å²) in [5.74, 6) is 0.272. The number of H-pyrrole nitrogens is 1. The number of benzene rings is 1. The monoisotopic (exact) mass is 441 g/mol. The molecule has 2 aromatic rings. The van der Waals surface area contributed by atoms with E-state index in [1.165, 1.54) is 27.6 Å². The van der Waals surface area contributed by atoms with Crippen LogP contribution in [0.4, 0.5) is 0 Å². The summed E-state index contributed by atoms with van der Waals surface area (Å²) in [5, 5.41) is 1.33. The van der Waals surface area contributed by atoms with Gasteiger partial charge in [-0.25, -0.2) is 0 Å². The second-order valence-corrected chi connectivity index (χ2v) is 9.56. The van der Waals surface area contributed by atoms with Gasteiger partial charge in [0.05, 0.1) is 10.5 Å². The lowest BCUT2D eigenvalue weighted by Gasteiger charge is -2.49. The zero-order chi connectivity index (χ0) is 19.6. The van der Waals surface area contributed by atoms with Gasteiger partial charge in [-0.3, -0.25) is 9.69 Å². The van der Waals surface area contributed by atoms with Crippen LogP contribution in [0.5, 0.6) is 0 Å². The molecule has 1 fully saturated rings. The SMILES string of the molecule is CCCN1C[C@H](C(=O)N2[C@@H](C)C[C@@H]2C)C=C2c3cccc4[nH]c(Br)c(c34)C[C@H]21. The number of nitrogens with zero attached hydrogens (tertiary/aromatic N) is 2. The lowest BCUT2D eigenvalue weighted by atomic mass is 9.79. The molecule has 0 bridgehead atoms. The van der Waals surface area contributed by atoms with Crippen LogP contribution in [-0.4, -0.2) is 51.9 Å². The van der Waals surface area contributed by atoms with Crippen LogP contribution in [-0.2, 0) is 11.2 Å². The molecule has 4 atom stereocenters. The third-order valence-corrected chi connectivity index (χ3v) is 7.59. The zero-order valence-corrected chi connectivity index (χ0v) is 18.4. The third kappa shape index (κ3) is 2.62. The lowest BCUT2D eigenvalue weighted by Crippen LogP contribution is -2.59. The highest BCUT2D eigenvalue weighted by Gasteiger charge is 2.42. The Bertz CT molecular complexity index is 970. The average molecular weight is 442 g/mol. The summed E-state index contributed by atoms with van der Waals surface area (Å²) in [6, 6.07) is 7.62. The van der Waals surface area contributed by atoms with Crippen molar-refractivity contribution in [1.29, 1.82) is 0 Å². The second kappa shape index (κ2) is 6.74. The molecule has 1 saturated heterocycles. The van der Waals surface area contributed by atoms with E-state index in [9.17, 15) is 4.79 Å². The topological polar surface area (TPSA) is 39.3 Å². The molecule has 5 rings (SSSR count). The predicted octanol–water partition coefficient (Wildman–Crippen LogP) is 4.59. The van der Waals surface area contributed by atoms with Gasteiger partial charge in [-0.2, -0.15) is 0 Å². The minimum atomic E-state index is -0.0396. The van der Waals surface area contributed by atoms with Crippen molar-refractivity contribution in [3.8, 4) is 0 Å². The van der Waals surface area contributed by atoms with Crippen LogP contribution in [0.15, 0.2) is 28.9 Å². The molecule has 1 aliphatic carbocycles. The number of carbonyl (C=O) groups is 1. The highest BCUT2D eigenvalue weighted by Crippen LogP contribution is 2.44. The van der Waals surface area contributed by atoms with Crippen molar-refractivity contribution < 1.29 is 4.79 Å². The summed E-state index contributed by atoms with van der Waals surface area (Å²) in [7, 11) is 0. The molecule has 148 valence electrons. The number of aromatic nitrogens is 1. The Labute approximate surface area is 175 Å². The summed E-state index contributed by atoms with van der Waals surface area (Å²) < 4.78 is 1.10. The standard InChI is InChI=1S/C23H28BrN3O/c1-4-8-26-12-15(23(28)27-13(2)9-14(27)3)10-17-16-6-5-7-19-21(16)18(11-20(17)26)22(24)25-19/h5-7,10,13-15,20,25H,4,8-9,11-12H2,1-3H3/t13-,14-,15+,20+/m0/s1. The van der Waals surface area contributed by atoms with Crippen molar-refractivity contribution in [2.45, 2.75) is 58.2 Å². The number of amides is 1. The summed E-state index contributed by atoms with van der Waals surface area (Å²) in [4.78, 5) is 21.5. The number of likely N-dealkylation sites (tertiary alicyclic amines) is 1. The van der Waals surface area contributed by atoms with E-state index in [2.05, 4.69) is 75.8 Å². The molecule has 3 aliphatic rings. The van der Waals surface area contributed by atoms with Gasteiger partial charge in [-0.15, -0.1) is 0 Å². The first kappa shape index (κ1) is 18.4. The van der Waals surface area contributed by atoms with Crippen molar-refractivity contribution in [3.63, 3.8) is 0 Å². The number of nitrogens with one attached hydrogen (secondary N) is 1. The highest BCUT2D eigenvalue weighted by molar-refractivity contribution is 9.10. The Kier molecular flexibility index (Phi) is 4.44. The van der Waals surface area contributed by atoms with E-state index in [4.69, 9.17) is 0 Å². The largest absolute Gasteiger partial charge is 0.349 e. The van der Waals surface area contributed by atoms with Gasteiger partial charge in [0.1, 0.15) is 0 Å². The van der Waals surface area contributed by atoms with Crippen molar-refractivity contribution in [2.75, 3.05) is 13.1 Å². The molecule has 1 aromatic heterocycles. The summed E-state index contributed by atoms with van der Waals surface area (Å²) in [6.07, 6.45) is 5.53. The minimum absolute atomic E-state index is 0.0396. The lowest BCUT2D eigenvalue weighted by molar-refractivity contribution is -0.146. The maximum Gasteiger partial charge on any atom is 0.231 e. The Hall–Kier alpha value is -1.59. The molecule has 1 N–H and O–H groups in total. The number of rotatable bonds is 3. The first-order valence-electron chi connectivity index (χ1n) is 10.6. The van der Waals surface area contributed by atoms with Crippen LogP contribution in [0.2, 0.25) is 0 Å². The molecule has 1 amide bonds. The van der Waals surface area contributed by atoms with Crippen molar-refractivity contribution >= 4 is 38.3 Å². The minimum Gasteiger partial charge on any atom is -0.349 e. The number of halogens is 1. The number of aromatic amines is 1. The van der Waals surface area contributed by atoms with Crippen LogP contribution < -0.4 is 0 Å². The molecule has 3 heterocycles. The van der Waals surface area contributed by atoms with Gasteiger partial charge in [0.25, 0.3) is 0 Å². The van der Waals surface area contributed by atoms with Crippen LogP contribution in [0.3, 0.4) is 0 Å². The second-order valence-electron chi connectivity index (χ2n) is 8.77. The van der Waals surface area contributed by atoms with E-state index in [1.54, 1.807) is 0 Å². The highest BCUT2D eigenvalue weighted by atomic mass is 79.9. The predicted molar refractivity (Wildman–Crippen MR) is 117 cm³/mol. The summed E-state index contributed by atoms with van der Waals surface area (Å²) in [5.41, 5.74) is 5.21. The molecule has 4 nitrogen and oxygen atoms in total. The Morgan fingerprint density at radius 3 is 2.79 bits per heavy atom. The molecular weight excluding hydrogens is 414 g/mol. The number of hydrogen-bond donors (Lipinski definition) is 1. The molecular formula is C23H28BrN3O. The zero-order valence-electron chi connectivity index (χ0n) is 16.8. The smallest absolute Gasteiger partial charge is 0.231 e. The van der Waals surface area contributed by atoms with Crippen LogP contribution in [0.1, 0.15) is 44.7 Å². The summed E-state index contributed by atoms with van der Waals surface area (Å²) in [6.45, 7) is 8.45. The first-order valence-corrected chi connectivity index (χ1v) is 11.4. The van der Waals surface area contributed by atoms with Gasteiger partial charge >= 0.3 is 0 Å². The van der Waals surface area contributed by atoms with Gasteiger partial charge in [-0.1, -0.05) is 25.1 Å². The fourth-order valence-corrected chi connectivity index (χ4v) is 6.28. The fourth-order valence-electron chi connectivity index (χ4n) is 5.70. The molecule has 2 aliphatic heterocycles. The maximum atomic E-state index is 13.4. The van der Waals surface area contributed by atoms with Gasteiger partial charge in [0.15, 0.2) is 0 Å². The van der Waals surface area contributed by atoms with Gasteiger partial charge < -0.3 is 9.88 Å². The molecule has 0 spiro atoms. The van der Waals surface area contributed by atoms with E-state index in [-0.39, 0.29) is 5.92 Å². The normalized spacial score (nSPS) is 29.4. The fraction of sp³-hybridized carbons (Fsp3) is 0.522. The number of hydrogen-bond acceptors (Lipinski definition) is 2. The van der Waals surface area contributed by atoms with Crippen LogP contribution in [0.25, 0.3) is 16.5 Å². The molecule has 0 unspecified atom stereocenters. The van der Waals surface area contributed by atoms with E-state index < -0.39 is 0 Å². The molecule has 0 saturated carbocycles. The van der Waals surface area contributed by atoms with E-state index >= 15 is 0 Å². The molecule has 5 heteroatoms. The van der Waals surface area contributed by atoms with E-state index in [0.717, 1.165) is 37.0 Å². The molecule has 28 heavy (non-hydrogen) atoms. The Morgan fingerprint density at radius 1 is 1.29 bits per heavy atom. The quantitative estimate of drug-likeness (QED) is 0.756. The van der Waals surface area contributed by atoms with Crippen molar-refractivity contribution in [3.05, 3.63) is 40.0 Å². The number of fused-ring (bicyclic) bond motifs is 2. The number of carbonyl (C=O) groups excluding carboxylic acids is 1. The third-order valence-electron chi connectivity index (χ3n) is 6.91. The van der Waals surface area contributed by atoms with Crippen LogP contribution in [0, 0.1) is 5.92 Å². The van der Waals surface area contributed by atoms with E-state index in [0.29, 0.717) is 24.0 Å². The average Bonchev–Trinajstić information content (AvgIpc) is 2.99. The Balaban J connectivity index is 1.60. The van der Waals surface area contributed by atoms with Crippen molar-refractivity contribution in [1.82, 2.24) is 14.8 Å². The Morgan fingerprint density at radius 2 is 2.07 bits per heavy atom. The van der Waals surface area contributed by atoms with Gasteiger partial charge in [0, 0.05) is 35.6 Å². The van der Waals surface area contributed by atoms with E-state index in [1.807, 2.05) is 0 Å². The maximum absolute atomic E-state index is 13.4. The summed E-state index contributed by atoms with van der Waals surface area (Å²) >= 11 is 3.74. The molecule has 0 radical (unpaired) electrons. The van der Waals surface area contributed by atoms with Gasteiger partial charge in [-0.05, 0) is 78.4 Å². The van der Waals surface area contributed by atoms with Crippen molar-refractivity contribution in [2.24, 2.45) is 5.92 Å². The first-order chi connectivity index (χ1) is 13.5. The van der Waals surface area contributed by atoms with Crippen LogP contribution >= 0.6 is 15.9 Å². The van der Waals surface area contributed by atoms with Gasteiger partial charge in [0.2, 0.25) is 5.91 Å². The molecule has 1 aromatic carbocycles.